The molecule has 0 bridgehead atoms. The summed E-state index contributed by atoms with van der Waals surface area (Å²) in [7, 11) is 0. The van der Waals surface area contributed by atoms with Crippen LogP contribution in [0.5, 0.6) is 0 Å². The van der Waals surface area contributed by atoms with Gasteiger partial charge in [0.2, 0.25) is 0 Å². The molecule has 2 N–H and O–H groups in total. The van der Waals surface area contributed by atoms with Crippen molar-refractivity contribution in [3.63, 3.8) is 0 Å². The smallest absolute Gasteiger partial charge is 0.309 e. The van der Waals surface area contributed by atoms with Gasteiger partial charge in [0.1, 0.15) is 5.65 Å². The molecular weight excluding hydrogens is 212 g/mol. The van der Waals surface area contributed by atoms with Gasteiger partial charge in [-0.2, -0.15) is 0 Å². The number of carboxylic acids is 1. The second-order valence-corrected chi connectivity index (χ2v) is 3.32. The summed E-state index contributed by atoms with van der Waals surface area (Å²) >= 11 is 0. The number of fused-ring (bicyclic) bond motifs is 1. The maximum absolute atomic E-state index is 11.5. The molecule has 0 spiro atoms. The van der Waals surface area contributed by atoms with Crippen LogP contribution in [0.15, 0.2) is 34.0 Å². The van der Waals surface area contributed by atoms with Crippen molar-refractivity contribution in [1.82, 2.24) is 9.38 Å². The molecule has 0 fully saturated rings. The van der Waals surface area contributed by atoms with Crippen LogP contribution >= 0.6 is 0 Å². The molecule has 6 nitrogen and oxygen atoms in total. The summed E-state index contributed by atoms with van der Waals surface area (Å²) in [5.74, 6) is -1.04. The summed E-state index contributed by atoms with van der Waals surface area (Å²) in [6, 6.07) is 3.71. The molecule has 0 saturated heterocycles. The number of hydrogen-bond acceptors (Lipinski definition) is 3. The molecular formula is C10H8N2O4. The van der Waals surface area contributed by atoms with Crippen molar-refractivity contribution in [3.05, 3.63) is 50.7 Å². The molecule has 0 amide bonds. The van der Waals surface area contributed by atoms with Gasteiger partial charge in [-0.3, -0.25) is 18.8 Å². The molecule has 0 unspecified atom stereocenters. The van der Waals surface area contributed by atoms with Gasteiger partial charge in [0.05, 0.1) is 6.42 Å². The highest BCUT2D eigenvalue weighted by molar-refractivity contribution is 5.69. The first kappa shape index (κ1) is 10.2. The fourth-order valence-corrected chi connectivity index (χ4v) is 1.45. The highest BCUT2D eigenvalue weighted by Gasteiger charge is 2.04. The molecule has 0 atom stereocenters. The number of aliphatic carboxylic acids is 1. The minimum absolute atomic E-state index is 0.247. The molecule has 0 aliphatic rings. The first-order valence-electron chi connectivity index (χ1n) is 4.53. The Balaban J connectivity index is 2.70. The average Bonchev–Trinajstić information content (AvgIpc) is 2.15. The zero-order valence-corrected chi connectivity index (χ0v) is 8.14. The summed E-state index contributed by atoms with van der Waals surface area (Å²) < 4.78 is 1.24. The molecule has 0 radical (unpaired) electrons. The van der Waals surface area contributed by atoms with Crippen LogP contribution in [-0.4, -0.2) is 20.5 Å². The van der Waals surface area contributed by atoms with E-state index < -0.39 is 5.97 Å². The van der Waals surface area contributed by atoms with Crippen molar-refractivity contribution in [3.8, 4) is 0 Å². The van der Waals surface area contributed by atoms with Gasteiger partial charge < -0.3 is 10.1 Å². The number of aromatic amines is 1. The number of aromatic nitrogens is 2. The van der Waals surface area contributed by atoms with Crippen molar-refractivity contribution in [2.24, 2.45) is 0 Å². The fourth-order valence-electron chi connectivity index (χ4n) is 1.45. The Morgan fingerprint density at radius 1 is 1.38 bits per heavy atom. The normalized spacial score (nSPS) is 10.5. The third-order valence-electron chi connectivity index (χ3n) is 2.09. The van der Waals surface area contributed by atoms with E-state index in [0.717, 1.165) is 0 Å². The Morgan fingerprint density at radius 3 is 2.81 bits per heavy atom. The van der Waals surface area contributed by atoms with Crippen LogP contribution in [0, 0.1) is 0 Å². The van der Waals surface area contributed by atoms with Gasteiger partial charge in [-0.15, -0.1) is 0 Å². The Morgan fingerprint density at radius 2 is 2.12 bits per heavy atom. The quantitative estimate of drug-likeness (QED) is 0.721. The van der Waals surface area contributed by atoms with Crippen LogP contribution in [0.25, 0.3) is 5.65 Å². The Kier molecular flexibility index (Phi) is 2.32. The van der Waals surface area contributed by atoms with E-state index in [1.54, 1.807) is 0 Å². The Hall–Kier alpha value is -2.37. The number of H-pyrrole nitrogens is 1. The average molecular weight is 220 g/mol. The number of hydrogen-bond donors (Lipinski definition) is 2. The van der Waals surface area contributed by atoms with Crippen LogP contribution in [0.2, 0.25) is 0 Å². The predicted octanol–water partition coefficient (Wildman–Crippen LogP) is -0.385. The number of nitrogens with one attached hydrogen (secondary N) is 1. The summed E-state index contributed by atoms with van der Waals surface area (Å²) in [5.41, 5.74) is -0.0625. The van der Waals surface area contributed by atoms with Gasteiger partial charge in [0.25, 0.3) is 5.56 Å². The van der Waals surface area contributed by atoms with E-state index in [2.05, 4.69) is 4.98 Å². The molecule has 82 valence electrons. The number of carbonyl (C=O) groups is 1. The summed E-state index contributed by atoms with van der Waals surface area (Å²) in [4.78, 5) is 35.8. The SMILES string of the molecule is O=C(O)Cc1cc(=O)n2ccc(=O)cc2[nH]1. The molecule has 16 heavy (non-hydrogen) atoms. The molecule has 0 aliphatic heterocycles. The molecule has 6 heteroatoms. The third-order valence-corrected chi connectivity index (χ3v) is 2.09. The van der Waals surface area contributed by atoms with Gasteiger partial charge in [0, 0.05) is 30.1 Å². The molecule has 2 aromatic heterocycles. The van der Waals surface area contributed by atoms with Gasteiger partial charge in [0.15, 0.2) is 5.43 Å². The van der Waals surface area contributed by atoms with E-state index >= 15 is 0 Å². The summed E-state index contributed by atoms with van der Waals surface area (Å²) in [5, 5.41) is 8.59. The zero-order chi connectivity index (χ0) is 11.7. The molecule has 0 aromatic carbocycles. The first-order valence-corrected chi connectivity index (χ1v) is 4.53. The van der Waals surface area contributed by atoms with Gasteiger partial charge >= 0.3 is 5.97 Å². The lowest BCUT2D eigenvalue weighted by molar-refractivity contribution is -0.136. The third kappa shape index (κ3) is 1.85. The largest absolute Gasteiger partial charge is 0.481 e. The van der Waals surface area contributed by atoms with E-state index in [4.69, 9.17) is 5.11 Å². The van der Waals surface area contributed by atoms with E-state index in [1.807, 2.05) is 0 Å². The van der Waals surface area contributed by atoms with Crippen molar-refractivity contribution < 1.29 is 9.90 Å². The number of rotatable bonds is 2. The van der Waals surface area contributed by atoms with Crippen molar-refractivity contribution in [2.45, 2.75) is 6.42 Å². The van der Waals surface area contributed by atoms with Gasteiger partial charge in [-0.25, -0.2) is 0 Å². The van der Waals surface area contributed by atoms with Crippen LogP contribution in [0.1, 0.15) is 5.69 Å². The van der Waals surface area contributed by atoms with Crippen molar-refractivity contribution >= 4 is 11.6 Å². The van der Waals surface area contributed by atoms with Crippen molar-refractivity contribution in [1.29, 1.82) is 0 Å². The van der Waals surface area contributed by atoms with Crippen molar-refractivity contribution in [2.75, 3.05) is 0 Å². The lowest BCUT2D eigenvalue weighted by Gasteiger charge is -2.02. The molecule has 2 rings (SSSR count). The number of carboxylic acid groups (broad SMARTS) is 1. The molecule has 0 aliphatic carbocycles. The summed E-state index contributed by atoms with van der Waals surface area (Å²) in [6.45, 7) is 0. The minimum atomic E-state index is -1.04. The van der Waals surface area contributed by atoms with E-state index in [-0.39, 0.29) is 28.7 Å². The Labute approximate surface area is 88.8 Å². The first-order chi connectivity index (χ1) is 7.56. The monoisotopic (exact) mass is 220 g/mol. The van der Waals surface area contributed by atoms with Crippen LogP contribution in [0.4, 0.5) is 0 Å². The fraction of sp³-hybridized carbons (Fsp3) is 0.100. The zero-order valence-electron chi connectivity index (χ0n) is 8.14. The Bertz CT molecular complexity index is 668. The second kappa shape index (κ2) is 3.65. The lowest BCUT2D eigenvalue weighted by atomic mass is 10.3. The van der Waals surface area contributed by atoms with E-state index in [1.165, 1.54) is 28.8 Å². The number of nitrogens with zero attached hydrogens (tertiary/aromatic N) is 1. The molecule has 2 aromatic rings. The topological polar surface area (TPSA) is 91.6 Å². The van der Waals surface area contributed by atoms with Crippen LogP contribution in [0.3, 0.4) is 0 Å². The molecule has 2 heterocycles. The maximum Gasteiger partial charge on any atom is 0.309 e. The predicted molar refractivity (Wildman–Crippen MR) is 55.6 cm³/mol. The highest BCUT2D eigenvalue weighted by Crippen LogP contribution is 1.97. The lowest BCUT2D eigenvalue weighted by Crippen LogP contribution is -2.18. The number of pyridine rings is 1. The van der Waals surface area contributed by atoms with Crippen LogP contribution in [-0.2, 0) is 11.2 Å². The highest BCUT2D eigenvalue weighted by atomic mass is 16.4. The van der Waals surface area contributed by atoms with Gasteiger partial charge in [-0.05, 0) is 0 Å². The van der Waals surface area contributed by atoms with E-state index in [0.29, 0.717) is 0 Å². The molecule has 0 saturated carbocycles. The van der Waals surface area contributed by atoms with E-state index in [9.17, 15) is 14.4 Å². The minimum Gasteiger partial charge on any atom is -0.481 e. The van der Waals surface area contributed by atoms with Crippen LogP contribution < -0.4 is 11.0 Å². The van der Waals surface area contributed by atoms with Gasteiger partial charge in [-0.1, -0.05) is 0 Å². The standard InChI is InChI=1S/C10H8N2O4/c13-7-1-2-12-8(5-7)11-6(3-9(12)14)4-10(15)16/h1-3,5,11H,4H2,(H,15,16). The summed E-state index contributed by atoms with van der Waals surface area (Å²) in [6.07, 6.45) is 1.07. The maximum atomic E-state index is 11.5. The second-order valence-electron chi connectivity index (χ2n) is 3.32.